The number of hydrogen-bond donors (Lipinski definition) is 2. The molecule has 3 rings (SSSR count). The molecule has 0 amide bonds. The minimum Gasteiger partial charge on any atom is -0.508 e. The van der Waals surface area contributed by atoms with Crippen molar-refractivity contribution in [2.75, 3.05) is 0 Å². The molecule has 4 nitrogen and oxygen atoms in total. The topological polar surface area (TPSA) is 57.8 Å². The largest absolute Gasteiger partial charge is 0.508 e. The maximum absolute atomic E-state index is 10.0. The van der Waals surface area contributed by atoms with Crippen LogP contribution in [0.3, 0.4) is 0 Å². The summed E-state index contributed by atoms with van der Waals surface area (Å²) in [5.74, 6) is 1.98. The highest BCUT2D eigenvalue weighted by atomic mass is 16.3. The number of nitrogens with zero attached hydrogens (tertiary/aromatic N) is 1. The van der Waals surface area contributed by atoms with Crippen molar-refractivity contribution < 1.29 is 9.52 Å². The summed E-state index contributed by atoms with van der Waals surface area (Å²) in [5.41, 5.74) is 6.09. The number of phenols is 1. The van der Waals surface area contributed by atoms with Crippen LogP contribution in [0.4, 0.5) is 0 Å². The van der Waals surface area contributed by atoms with Gasteiger partial charge in [0.25, 0.3) is 0 Å². The molecular weight excluding hydrogens is 252 g/mol. The van der Waals surface area contributed by atoms with E-state index in [-0.39, 0.29) is 6.04 Å². The highest BCUT2D eigenvalue weighted by Crippen LogP contribution is 2.31. The van der Waals surface area contributed by atoms with E-state index in [4.69, 9.17) is 4.42 Å². The van der Waals surface area contributed by atoms with Crippen LogP contribution in [0.1, 0.15) is 42.0 Å². The Morgan fingerprint density at radius 1 is 1.35 bits per heavy atom. The Bertz CT molecular complexity index is 658. The van der Waals surface area contributed by atoms with E-state index in [1.165, 1.54) is 5.56 Å². The summed E-state index contributed by atoms with van der Waals surface area (Å²) < 4.78 is 5.59. The van der Waals surface area contributed by atoms with E-state index < -0.39 is 0 Å². The molecule has 2 heterocycles. The van der Waals surface area contributed by atoms with Crippen LogP contribution in [0, 0.1) is 6.92 Å². The number of furan rings is 1. The number of nitrogens with one attached hydrogen (secondary N) is 1. The number of phenolic OH excluding ortho intramolecular Hbond substituents is 1. The highest BCUT2D eigenvalue weighted by Gasteiger charge is 2.25. The number of benzene rings is 1. The highest BCUT2D eigenvalue weighted by molar-refractivity contribution is 5.99. The Kier molecular flexibility index (Phi) is 3.22. The van der Waals surface area contributed by atoms with E-state index in [0.717, 1.165) is 29.2 Å². The molecule has 2 N–H and O–H groups in total. The first-order valence-electron chi connectivity index (χ1n) is 6.88. The maximum Gasteiger partial charge on any atom is 0.150 e. The minimum atomic E-state index is 0.00176. The van der Waals surface area contributed by atoms with Gasteiger partial charge in [0.2, 0.25) is 0 Å². The Balaban J connectivity index is 1.82. The van der Waals surface area contributed by atoms with Crippen molar-refractivity contribution in [3.63, 3.8) is 0 Å². The summed E-state index contributed by atoms with van der Waals surface area (Å²) in [6.45, 7) is 4.02. The van der Waals surface area contributed by atoms with Crippen molar-refractivity contribution in [1.82, 2.24) is 5.43 Å². The minimum absolute atomic E-state index is 0.00176. The fourth-order valence-electron chi connectivity index (χ4n) is 2.47. The van der Waals surface area contributed by atoms with Crippen LogP contribution in [0.25, 0.3) is 0 Å². The van der Waals surface area contributed by atoms with Crippen LogP contribution in [-0.4, -0.2) is 10.8 Å². The number of rotatable bonds is 3. The molecule has 2 aromatic rings. The van der Waals surface area contributed by atoms with Crippen LogP contribution < -0.4 is 5.43 Å². The Hall–Kier alpha value is -2.23. The standard InChI is InChI=1S/C16H18N2O2/c1-3-11-5-6-15(19)12(8-11)13-9-14(18-17-13)16-7-4-10(2)20-16/h4-8,13,17,19H,3,9H2,1-2H3. The second-order valence-electron chi connectivity index (χ2n) is 5.10. The van der Waals surface area contributed by atoms with Gasteiger partial charge in [-0.1, -0.05) is 13.0 Å². The summed E-state index contributed by atoms with van der Waals surface area (Å²) >= 11 is 0. The first-order valence-corrected chi connectivity index (χ1v) is 6.88. The van der Waals surface area contributed by atoms with E-state index in [1.54, 1.807) is 6.07 Å². The third-order valence-corrected chi connectivity index (χ3v) is 3.65. The van der Waals surface area contributed by atoms with E-state index >= 15 is 0 Å². The lowest BCUT2D eigenvalue weighted by Gasteiger charge is -2.13. The lowest BCUT2D eigenvalue weighted by molar-refractivity contribution is 0.455. The Labute approximate surface area is 118 Å². The normalized spacial score (nSPS) is 17.9. The van der Waals surface area contributed by atoms with Gasteiger partial charge in [-0.3, -0.25) is 0 Å². The molecule has 104 valence electrons. The monoisotopic (exact) mass is 270 g/mol. The van der Waals surface area contributed by atoms with Crippen LogP contribution in [-0.2, 0) is 6.42 Å². The lowest BCUT2D eigenvalue weighted by Crippen LogP contribution is -2.10. The quantitative estimate of drug-likeness (QED) is 0.899. The van der Waals surface area contributed by atoms with Crippen molar-refractivity contribution >= 4 is 5.71 Å². The average molecular weight is 270 g/mol. The fraction of sp³-hybridized carbons (Fsp3) is 0.312. The van der Waals surface area contributed by atoms with Gasteiger partial charge in [-0.2, -0.15) is 5.10 Å². The lowest BCUT2D eigenvalue weighted by atomic mass is 9.98. The molecule has 0 aliphatic carbocycles. The number of aromatic hydroxyl groups is 1. The zero-order chi connectivity index (χ0) is 14.1. The van der Waals surface area contributed by atoms with Crippen LogP contribution in [0.15, 0.2) is 39.9 Å². The summed E-state index contributed by atoms with van der Waals surface area (Å²) in [6, 6.07) is 9.61. The molecular formula is C16H18N2O2. The van der Waals surface area contributed by atoms with Gasteiger partial charge >= 0.3 is 0 Å². The Morgan fingerprint density at radius 3 is 2.90 bits per heavy atom. The summed E-state index contributed by atoms with van der Waals surface area (Å²) in [5, 5.41) is 14.4. The molecule has 0 fully saturated rings. The van der Waals surface area contributed by atoms with E-state index in [2.05, 4.69) is 17.5 Å². The van der Waals surface area contributed by atoms with Crippen LogP contribution in [0.5, 0.6) is 5.75 Å². The molecule has 1 unspecified atom stereocenters. The van der Waals surface area contributed by atoms with E-state index in [1.807, 2.05) is 31.2 Å². The molecule has 0 saturated carbocycles. The summed E-state index contributed by atoms with van der Waals surface area (Å²) in [7, 11) is 0. The predicted octanol–water partition coefficient (Wildman–Crippen LogP) is 3.29. The molecule has 0 saturated heterocycles. The molecule has 4 heteroatoms. The second kappa shape index (κ2) is 5.04. The Morgan fingerprint density at radius 2 is 2.20 bits per heavy atom. The van der Waals surface area contributed by atoms with Gasteiger partial charge in [-0.05, 0) is 43.2 Å². The fourth-order valence-corrected chi connectivity index (χ4v) is 2.47. The van der Waals surface area contributed by atoms with Gasteiger partial charge in [0.1, 0.15) is 23.0 Å². The molecule has 1 aliphatic heterocycles. The molecule has 0 bridgehead atoms. The van der Waals surface area contributed by atoms with Crippen molar-refractivity contribution in [3.05, 3.63) is 53.0 Å². The molecule has 1 aromatic carbocycles. The van der Waals surface area contributed by atoms with E-state index in [0.29, 0.717) is 12.2 Å². The van der Waals surface area contributed by atoms with Crippen LogP contribution >= 0.6 is 0 Å². The SMILES string of the molecule is CCc1ccc(O)c(C2CC(c3ccc(C)o3)=NN2)c1. The van der Waals surface area contributed by atoms with Crippen molar-refractivity contribution in [1.29, 1.82) is 0 Å². The molecule has 20 heavy (non-hydrogen) atoms. The van der Waals surface area contributed by atoms with Gasteiger partial charge in [0.15, 0.2) is 0 Å². The number of hydrogen-bond acceptors (Lipinski definition) is 4. The van der Waals surface area contributed by atoms with Gasteiger partial charge in [0, 0.05) is 12.0 Å². The first kappa shape index (κ1) is 12.8. The summed E-state index contributed by atoms with van der Waals surface area (Å²) in [4.78, 5) is 0. The average Bonchev–Trinajstić information content (AvgIpc) is 3.08. The first-order chi connectivity index (χ1) is 9.67. The maximum atomic E-state index is 10.0. The van der Waals surface area contributed by atoms with Crippen molar-refractivity contribution in [2.45, 2.75) is 32.7 Å². The van der Waals surface area contributed by atoms with Gasteiger partial charge in [-0.15, -0.1) is 0 Å². The smallest absolute Gasteiger partial charge is 0.150 e. The molecule has 1 atom stereocenters. The van der Waals surface area contributed by atoms with Gasteiger partial charge in [-0.25, -0.2) is 0 Å². The molecule has 1 aliphatic rings. The predicted molar refractivity (Wildman–Crippen MR) is 78.0 cm³/mol. The molecule has 0 radical (unpaired) electrons. The third-order valence-electron chi connectivity index (χ3n) is 3.65. The van der Waals surface area contributed by atoms with Gasteiger partial charge < -0.3 is 14.9 Å². The van der Waals surface area contributed by atoms with E-state index in [9.17, 15) is 5.11 Å². The van der Waals surface area contributed by atoms with Crippen molar-refractivity contribution in [2.24, 2.45) is 5.10 Å². The number of hydrazone groups is 1. The zero-order valence-electron chi connectivity index (χ0n) is 11.7. The van der Waals surface area contributed by atoms with Crippen LogP contribution in [0.2, 0.25) is 0 Å². The van der Waals surface area contributed by atoms with Gasteiger partial charge in [0.05, 0.1) is 6.04 Å². The second-order valence-corrected chi connectivity index (χ2v) is 5.10. The third kappa shape index (κ3) is 2.29. The van der Waals surface area contributed by atoms with Crippen molar-refractivity contribution in [3.8, 4) is 5.75 Å². The summed E-state index contributed by atoms with van der Waals surface area (Å²) in [6.07, 6.45) is 1.67. The molecule has 0 spiro atoms. The zero-order valence-corrected chi connectivity index (χ0v) is 11.7. The number of aryl methyl sites for hydroxylation is 2. The molecule has 1 aromatic heterocycles.